The van der Waals surface area contributed by atoms with Crippen molar-refractivity contribution in [3.05, 3.63) is 54.6 Å². The van der Waals surface area contributed by atoms with Crippen LogP contribution in [0.25, 0.3) is 0 Å². The minimum absolute atomic E-state index is 0.113. The molecule has 0 fully saturated rings. The number of thiocarbonyl (C=S) groups is 1. The van der Waals surface area contributed by atoms with Crippen LogP contribution in [0.3, 0.4) is 0 Å². The Bertz CT molecular complexity index is 629. The molecule has 2 aromatic rings. The molecule has 0 saturated heterocycles. The third kappa shape index (κ3) is 4.57. The molecule has 0 atom stereocenters. The van der Waals surface area contributed by atoms with Crippen LogP contribution in [0.1, 0.15) is 6.42 Å². The first kappa shape index (κ1) is 15.0. The lowest BCUT2D eigenvalue weighted by molar-refractivity contribution is -0.115. The van der Waals surface area contributed by atoms with Crippen molar-refractivity contribution in [1.29, 1.82) is 0 Å². The summed E-state index contributed by atoms with van der Waals surface area (Å²) in [5, 5.41) is 5.81. The third-order valence-electron chi connectivity index (χ3n) is 2.76. The minimum atomic E-state index is -0.187. The summed E-state index contributed by atoms with van der Waals surface area (Å²) in [6.07, 6.45) is 0.113. The van der Waals surface area contributed by atoms with E-state index in [9.17, 15) is 4.79 Å². The Balaban J connectivity index is 1.91. The van der Waals surface area contributed by atoms with Gasteiger partial charge in [-0.05, 0) is 24.3 Å². The first-order valence-corrected chi connectivity index (χ1v) is 6.87. The van der Waals surface area contributed by atoms with Gasteiger partial charge < -0.3 is 15.4 Å². The van der Waals surface area contributed by atoms with E-state index in [1.807, 2.05) is 42.5 Å². The predicted octanol–water partition coefficient (Wildman–Crippen LogP) is 3.46. The van der Waals surface area contributed by atoms with Crippen LogP contribution in [0.4, 0.5) is 11.4 Å². The summed E-state index contributed by atoms with van der Waals surface area (Å²) in [6.45, 7) is 0. The van der Waals surface area contributed by atoms with Crippen LogP contribution in [-0.4, -0.2) is 18.0 Å². The molecule has 0 radical (unpaired) electrons. The first-order valence-electron chi connectivity index (χ1n) is 6.47. The van der Waals surface area contributed by atoms with Gasteiger partial charge in [0.05, 0.1) is 24.2 Å². The van der Waals surface area contributed by atoms with Crippen LogP contribution < -0.4 is 15.4 Å². The van der Waals surface area contributed by atoms with E-state index in [0.29, 0.717) is 16.4 Å². The van der Waals surface area contributed by atoms with E-state index >= 15 is 0 Å². The Morgan fingerprint density at radius 1 is 1.05 bits per heavy atom. The van der Waals surface area contributed by atoms with Crippen LogP contribution >= 0.6 is 12.2 Å². The van der Waals surface area contributed by atoms with Gasteiger partial charge in [-0.15, -0.1) is 0 Å². The second-order valence-corrected chi connectivity index (χ2v) is 4.83. The largest absolute Gasteiger partial charge is 0.495 e. The zero-order chi connectivity index (χ0) is 15.1. The molecule has 1 amide bonds. The topological polar surface area (TPSA) is 50.4 Å². The number of hydrogen-bond acceptors (Lipinski definition) is 3. The van der Waals surface area contributed by atoms with Gasteiger partial charge in [0.15, 0.2) is 0 Å². The zero-order valence-electron chi connectivity index (χ0n) is 11.6. The quantitative estimate of drug-likeness (QED) is 0.830. The molecule has 108 valence electrons. The Morgan fingerprint density at radius 2 is 1.71 bits per heavy atom. The highest BCUT2D eigenvalue weighted by Gasteiger charge is 2.09. The van der Waals surface area contributed by atoms with E-state index in [4.69, 9.17) is 17.0 Å². The molecule has 2 N–H and O–H groups in total. The molecular formula is C16H16N2O2S. The summed E-state index contributed by atoms with van der Waals surface area (Å²) in [5.74, 6) is 0.431. The van der Waals surface area contributed by atoms with Crippen LogP contribution in [0.5, 0.6) is 5.75 Å². The molecule has 0 spiro atoms. The maximum absolute atomic E-state index is 12.0. The van der Waals surface area contributed by atoms with Crippen molar-refractivity contribution in [2.45, 2.75) is 6.42 Å². The molecule has 5 heteroatoms. The number of ether oxygens (including phenoxy) is 1. The summed E-state index contributed by atoms with van der Waals surface area (Å²) in [5.41, 5.74) is 1.50. The highest BCUT2D eigenvalue weighted by molar-refractivity contribution is 7.80. The highest BCUT2D eigenvalue weighted by atomic mass is 32.1. The van der Waals surface area contributed by atoms with E-state index in [1.165, 1.54) is 0 Å². The fourth-order valence-corrected chi connectivity index (χ4v) is 2.06. The molecule has 0 saturated carbocycles. The van der Waals surface area contributed by atoms with Crippen molar-refractivity contribution in [1.82, 2.24) is 0 Å². The van der Waals surface area contributed by atoms with Gasteiger partial charge in [0, 0.05) is 5.69 Å². The number of anilines is 2. The normalized spacial score (nSPS) is 9.76. The van der Waals surface area contributed by atoms with Gasteiger partial charge in [-0.3, -0.25) is 4.79 Å². The van der Waals surface area contributed by atoms with Gasteiger partial charge in [-0.1, -0.05) is 42.5 Å². The lowest BCUT2D eigenvalue weighted by Gasteiger charge is -2.11. The van der Waals surface area contributed by atoms with Crippen molar-refractivity contribution in [2.24, 2.45) is 0 Å². The second kappa shape index (κ2) is 7.40. The number of amides is 1. The van der Waals surface area contributed by atoms with Crippen LogP contribution in [0.15, 0.2) is 54.6 Å². The summed E-state index contributed by atoms with van der Waals surface area (Å²) in [4.78, 5) is 12.5. The molecule has 0 aliphatic rings. The molecule has 0 unspecified atom stereocenters. The van der Waals surface area contributed by atoms with E-state index < -0.39 is 0 Å². The summed E-state index contributed by atoms with van der Waals surface area (Å²) in [6, 6.07) is 16.8. The summed E-state index contributed by atoms with van der Waals surface area (Å²) in [7, 11) is 1.56. The number of rotatable bonds is 5. The molecule has 0 aromatic heterocycles. The maximum atomic E-state index is 12.0. The Hall–Kier alpha value is -2.40. The molecule has 0 heterocycles. The van der Waals surface area contributed by atoms with E-state index in [0.717, 1.165) is 5.69 Å². The molecule has 0 aliphatic carbocycles. The number of nitrogens with one attached hydrogen (secondary N) is 2. The molecule has 2 aromatic carbocycles. The standard InChI is InChI=1S/C16H16N2O2S/c1-20-14-10-6-5-9-13(14)18-15(19)11-16(21)17-12-7-3-2-4-8-12/h2-10H,11H2,1H3,(H,17,21)(H,18,19). The number of benzene rings is 2. The van der Waals surface area contributed by atoms with Gasteiger partial charge >= 0.3 is 0 Å². The Labute approximate surface area is 129 Å². The molecule has 21 heavy (non-hydrogen) atoms. The number of carbonyl (C=O) groups excluding carboxylic acids is 1. The SMILES string of the molecule is COc1ccccc1NC(=O)CC(=S)Nc1ccccc1. The van der Waals surface area contributed by atoms with Crippen molar-refractivity contribution in [2.75, 3.05) is 17.7 Å². The monoisotopic (exact) mass is 300 g/mol. The summed E-state index contributed by atoms with van der Waals surface area (Å²) >= 11 is 5.19. The lowest BCUT2D eigenvalue weighted by Crippen LogP contribution is -2.20. The van der Waals surface area contributed by atoms with Crippen molar-refractivity contribution in [3.8, 4) is 5.75 Å². The first-order chi connectivity index (χ1) is 10.2. The van der Waals surface area contributed by atoms with Crippen molar-refractivity contribution >= 4 is 34.5 Å². The van der Waals surface area contributed by atoms with Crippen LogP contribution in [-0.2, 0) is 4.79 Å². The summed E-state index contributed by atoms with van der Waals surface area (Å²) < 4.78 is 5.18. The number of carbonyl (C=O) groups is 1. The second-order valence-electron chi connectivity index (χ2n) is 4.34. The van der Waals surface area contributed by atoms with E-state index in [-0.39, 0.29) is 12.3 Å². The molecule has 0 aliphatic heterocycles. The fourth-order valence-electron chi connectivity index (χ4n) is 1.81. The van der Waals surface area contributed by atoms with Gasteiger partial charge in [0.25, 0.3) is 0 Å². The fraction of sp³-hybridized carbons (Fsp3) is 0.125. The maximum Gasteiger partial charge on any atom is 0.231 e. The van der Waals surface area contributed by atoms with Crippen LogP contribution in [0, 0.1) is 0 Å². The molecule has 2 rings (SSSR count). The zero-order valence-corrected chi connectivity index (χ0v) is 12.4. The Morgan fingerprint density at radius 3 is 2.43 bits per heavy atom. The van der Waals surface area contributed by atoms with Crippen molar-refractivity contribution in [3.63, 3.8) is 0 Å². The number of methoxy groups -OCH3 is 1. The lowest BCUT2D eigenvalue weighted by atomic mass is 10.2. The minimum Gasteiger partial charge on any atom is -0.495 e. The van der Waals surface area contributed by atoms with Gasteiger partial charge in [-0.2, -0.15) is 0 Å². The van der Waals surface area contributed by atoms with Crippen LogP contribution in [0.2, 0.25) is 0 Å². The number of para-hydroxylation sites is 3. The van der Waals surface area contributed by atoms with Crippen molar-refractivity contribution < 1.29 is 9.53 Å². The van der Waals surface area contributed by atoms with Gasteiger partial charge in [0.1, 0.15) is 5.75 Å². The molecule has 4 nitrogen and oxygen atoms in total. The molecule has 0 bridgehead atoms. The Kier molecular flexibility index (Phi) is 5.29. The highest BCUT2D eigenvalue weighted by Crippen LogP contribution is 2.23. The average Bonchev–Trinajstić information content (AvgIpc) is 2.48. The molecular weight excluding hydrogens is 284 g/mol. The average molecular weight is 300 g/mol. The smallest absolute Gasteiger partial charge is 0.231 e. The predicted molar refractivity (Wildman–Crippen MR) is 88.9 cm³/mol. The van der Waals surface area contributed by atoms with Gasteiger partial charge in [-0.25, -0.2) is 0 Å². The number of hydrogen-bond donors (Lipinski definition) is 2. The third-order valence-corrected chi connectivity index (χ3v) is 3.01. The van der Waals surface area contributed by atoms with Gasteiger partial charge in [0.2, 0.25) is 5.91 Å². The van der Waals surface area contributed by atoms with E-state index in [1.54, 1.807) is 19.2 Å². The van der Waals surface area contributed by atoms with E-state index in [2.05, 4.69) is 10.6 Å².